The Bertz CT molecular complexity index is 609. The average Bonchev–Trinajstić information content (AvgIpc) is 2.38. The number of alkyl halides is 3. The average molecular weight is 266 g/mol. The summed E-state index contributed by atoms with van der Waals surface area (Å²) >= 11 is 0. The number of nitrogen functional groups attached to an aromatic ring is 1. The summed E-state index contributed by atoms with van der Waals surface area (Å²) in [5, 5.41) is 0. The number of pyridine rings is 1. The van der Waals surface area contributed by atoms with Crippen LogP contribution in [0.4, 0.5) is 18.9 Å². The van der Waals surface area contributed by atoms with Gasteiger partial charge in [-0.05, 0) is 30.3 Å². The van der Waals surface area contributed by atoms with E-state index < -0.39 is 23.1 Å². The minimum Gasteiger partial charge on any atom is -0.399 e. The van der Waals surface area contributed by atoms with Gasteiger partial charge in [-0.25, -0.2) is 0 Å². The first-order valence-electron chi connectivity index (χ1n) is 5.31. The van der Waals surface area contributed by atoms with E-state index in [0.29, 0.717) is 0 Å². The van der Waals surface area contributed by atoms with E-state index in [1.165, 1.54) is 30.6 Å². The molecule has 19 heavy (non-hydrogen) atoms. The number of hydrogen-bond donors (Lipinski definition) is 1. The summed E-state index contributed by atoms with van der Waals surface area (Å²) in [5.74, 6) is -0.713. The van der Waals surface area contributed by atoms with Crippen molar-refractivity contribution in [3.05, 3.63) is 59.4 Å². The zero-order valence-corrected chi connectivity index (χ0v) is 9.61. The van der Waals surface area contributed by atoms with E-state index in [9.17, 15) is 18.0 Å². The van der Waals surface area contributed by atoms with Crippen LogP contribution in [-0.2, 0) is 6.18 Å². The molecule has 2 aromatic rings. The SMILES string of the molecule is Nc1ccc(C(=O)c2ccncc2)c(C(F)(F)F)c1. The Morgan fingerprint density at radius 1 is 1.11 bits per heavy atom. The van der Waals surface area contributed by atoms with Gasteiger partial charge in [-0.2, -0.15) is 13.2 Å². The van der Waals surface area contributed by atoms with E-state index >= 15 is 0 Å². The van der Waals surface area contributed by atoms with Crippen molar-refractivity contribution in [3.8, 4) is 0 Å². The maximum absolute atomic E-state index is 12.9. The summed E-state index contributed by atoms with van der Waals surface area (Å²) < 4.78 is 38.7. The van der Waals surface area contributed by atoms with Crippen molar-refractivity contribution in [3.63, 3.8) is 0 Å². The molecule has 0 radical (unpaired) electrons. The smallest absolute Gasteiger partial charge is 0.399 e. The van der Waals surface area contributed by atoms with Crippen LogP contribution in [0.25, 0.3) is 0 Å². The number of halogens is 3. The normalized spacial score (nSPS) is 11.3. The second-order valence-corrected chi connectivity index (χ2v) is 3.87. The van der Waals surface area contributed by atoms with Crippen LogP contribution in [0.15, 0.2) is 42.7 Å². The van der Waals surface area contributed by atoms with Crippen LogP contribution in [0.5, 0.6) is 0 Å². The highest BCUT2D eigenvalue weighted by Gasteiger charge is 2.35. The number of benzene rings is 1. The van der Waals surface area contributed by atoms with Gasteiger partial charge in [0.05, 0.1) is 5.56 Å². The molecule has 0 aliphatic rings. The molecule has 0 aliphatic carbocycles. The van der Waals surface area contributed by atoms with Gasteiger partial charge in [-0.1, -0.05) is 0 Å². The van der Waals surface area contributed by atoms with Gasteiger partial charge in [0.1, 0.15) is 0 Å². The molecule has 0 spiro atoms. The van der Waals surface area contributed by atoms with Gasteiger partial charge in [0.15, 0.2) is 5.78 Å². The van der Waals surface area contributed by atoms with Gasteiger partial charge >= 0.3 is 6.18 Å². The molecular weight excluding hydrogens is 257 g/mol. The van der Waals surface area contributed by atoms with E-state index in [4.69, 9.17) is 5.73 Å². The number of hydrogen-bond acceptors (Lipinski definition) is 3. The summed E-state index contributed by atoms with van der Waals surface area (Å²) in [6, 6.07) is 5.83. The third kappa shape index (κ3) is 2.73. The highest BCUT2D eigenvalue weighted by atomic mass is 19.4. The molecule has 0 saturated heterocycles. The van der Waals surface area contributed by atoms with Crippen LogP contribution in [0.2, 0.25) is 0 Å². The maximum Gasteiger partial charge on any atom is 0.417 e. The molecule has 98 valence electrons. The van der Waals surface area contributed by atoms with Crippen molar-refractivity contribution in [2.75, 3.05) is 5.73 Å². The van der Waals surface area contributed by atoms with Gasteiger partial charge in [0.25, 0.3) is 0 Å². The predicted octanol–water partition coefficient (Wildman–Crippen LogP) is 2.91. The molecule has 3 nitrogen and oxygen atoms in total. The lowest BCUT2D eigenvalue weighted by Gasteiger charge is -2.12. The minimum absolute atomic E-state index is 0.0430. The van der Waals surface area contributed by atoms with E-state index in [0.717, 1.165) is 12.1 Å². The number of aromatic nitrogens is 1. The van der Waals surface area contributed by atoms with Crippen LogP contribution in [0.3, 0.4) is 0 Å². The van der Waals surface area contributed by atoms with Crippen LogP contribution in [0.1, 0.15) is 21.5 Å². The number of anilines is 1. The van der Waals surface area contributed by atoms with Gasteiger partial charge in [0, 0.05) is 29.2 Å². The Morgan fingerprint density at radius 2 is 1.74 bits per heavy atom. The molecule has 2 rings (SSSR count). The Morgan fingerprint density at radius 3 is 2.32 bits per heavy atom. The van der Waals surface area contributed by atoms with Crippen LogP contribution >= 0.6 is 0 Å². The van der Waals surface area contributed by atoms with Gasteiger partial charge in [0.2, 0.25) is 0 Å². The zero-order valence-electron chi connectivity index (χ0n) is 9.61. The maximum atomic E-state index is 12.9. The lowest BCUT2D eigenvalue weighted by atomic mass is 9.98. The standard InChI is InChI=1S/C13H9F3N2O/c14-13(15,16)11-7-9(17)1-2-10(11)12(19)8-3-5-18-6-4-8/h1-7H,17H2. The summed E-state index contributed by atoms with van der Waals surface area (Å²) in [4.78, 5) is 15.8. The lowest BCUT2D eigenvalue weighted by Crippen LogP contribution is -2.14. The van der Waals surface area contributed by atoms with E-state index in [1.807, 2.05) is 0 Å². The monoisotopic (exact) mass is 266 g/mol. The quantitative estimate of drug-likeness (QED) is 0.671. The summed E-state index contributed by atoms with van der Waals surface area (Å²) in [7, 11) is 0. The molecule has 0 aliphatic heterocycles. The van der Waals surface area contributed by atoms with Crippen molar-refractivity contribution < 1.29 is 18.0 Å². The van der Waals surface area contributed by atoms with Crippen molar-refractivity contribution in [1.82, 2.24) is 4.98 Å². The minimum atomic E-state index is -4.63. The largest absolute Gasteiger partial charge is 0.417 e. The van der Waals surface area contributed by atoms with Crippen molar-refractivity contribution in [2.45, 2.75) is 6.18 Å². The summed E-state index contributed by atoms with van der Waals surface area (Å²) in [6.07, 6.45) is -1.94. The Hall–Kier alpha value is -2.37. The Labute approximate surface area is 106 Å². The molecule has 0 amide bonds. The molecule has 0 atom stereocenters. The van der Waals surface area contributed by atoms with E-state index in [-0.39, 0.29) is 11.3 Å². The molecule has 6 heteroatoms. The highest BCUT2D eigenvalue weighted by Crippen LogP contribution is 2.34. The van der Waals surface area contributed by atoms with Crippen molar-refractivity contribution in [2.24, 2.45) is 0 Å². The molecule has 0 unspecified atom stereocenters. The molecule has 1 heterocycles. The first-order chi connectivity index (χ1) is 8.89. The molecule has 0 saturated carbocycles. The Kier molecular flexibility index (Phi) is 3.25. The number of carbonyl (C=O) groups excluding carboxylic acids is 1. The molecule has 1 aromatic carbocycles. The third-order valence-corrected chi connectivity index (χ3v) is 2.54. The summed E-state index contributed by atoms with van der Waals surface area (Å²) in [6.45, 7) is 0. The van der Waals surface area contributed by atoms with E-state index in [1.54, 1.807) is 0 Å². The fourth-order valence-electron chi connectivity index (χ4n) is 1.65. The first-order valence-corrected chi connectivity index (χ1v) is 5.31. The van der Waals surface area contributed by atoms with Crippen LogP contribution in [0, 0.1) is 0 Å². The van der Waals surface area contributed by atoms with E-state index in [2.05, 4.69) is 4.98 Å². The second-order valence-electron chi connectivity index (χ2n) is 3.87. The summed E-state index contributed by atoms with van der Waals surface area (Å²) in [5.41, 5.74) is 3.99. The Balaban J connectivity index is 2.54. The second kappa shape index (κ2) is 4.72. The lowest BCUT2D eigenvalue weighted by molar-refractivity contribution is -0.137. The van der Waals surface area contributed by atoms with Crippen LogP contribution in [-0.4, -0.2) is 10.8 Å². The molecule has 0 fully saturated rings. The third-order valence-electron chi connectivity index (χ3n) is 2.54. The number of rotatable bonds is 2. The van der Waals surface area contributed by atoms with Gasteiger partial charge in [-0.3, -0.25) is 9.78 Å². The molecule has 2 N–H and O–H groups in total. The van der Waals surface area contributed by atoms with Gasteiger partial charge in [-0.15, -0.1) is 0 Å². The molecule has 0 bridgehead atoms. The first kappa shape index (κ1) is 13.1. The number of nitrogens with zero attached hydrogens (tertiary/aromatic N) is 1. The molecule has 1 aromatic heterocycles. The predicted molar refractivity (Wildman–Crippen MR) is 63.5 cm³/mol. The topological polar surface area (TPSA) is 56.0 Å². The number of nitrogens with two attached hydrogens (primary N) is 1. The van der Waals surface area contributed by atoms with Crippen LogP contribution < -0.4 is 5.73 Å². The van der Waals surface area contributed by atoms with Crippen molar-refractivity contribution in [1.29, 1.82) is 0 Å². The number of ketones is 1. The fourth-order valence-corrected chi connectivity index (χ4v) is 1.65. The van der Waals surface area contributed by atoms with Gasteiger partial charge < -0.3 is 5.73 Å². The fraction of sp³-hybridized carbons (Fsp3) is 0.0769. The zero-order chi connectivity index (χ0) is 14.0. The van der Waals surface area contributed by atoms with Crippen molar-refractivity contribution >= 4 is 11.5 Å². The molecular formula is C13H9F3N2O. The highest BCUT2D eigenvalue weighted by molar-refractivity contribution is 6.10. The number of carbonyl (C=O) groups is 1.